The number of nitrogens with zero attached hydrogens (tertiary/aromatic N) is 5. The van der Waals surface area contributed by atoms with E-state index in [1.165, 1.54) is 0 Å². The predicted octanol–water partition coefficient (Wildman–Crippen LogP) is 5.26. The van der Waals surface area contributed by atoms with Crippen LogP contribution >= 0.6 is 0 Å². The molecule has 0 radical (unpaired) electrons. The number of hydrogen-bond acceptors (Lipinski definition) is 5. The van der Waals surface area contributed by atoms with Crippen LogP contribution in [0.3, 0.4) is 0 Å². The smallest absolute Gasteiger partial charge is 0.162 e. The van der Waals surface area contributed by atoms with Gasteiger partial charge in [-0.2, -0.15) is 10.4 Å². The molecule has 3 heterocycles. The minimum atomic E-state index is 0.454. The van der Waals surface area contributed by atoms with Crippen LogP contribution in [0.2, 0.25) is 0 Å². The number of aromatic nitrogens is 4. The van der Waals surface area contributed by atoms with Crippen molar-refractivity contribution >= 4 is 22.7 Å². The average Bonchev–Trinajstić information content (AvgIpc) is 3.49. The molecular weight excluding hydrogens is 438 g/mol. The summed E-state index contributed by atoms with van der Waals surface area (Å²) < 4.78 is 15.2. The van der Waals surface area contributed by atoms with Crippen molar-refractivity contribution in [2.24, 2.45) is 7.05 Å². The van der Waals surface area contributed by atoms with E-state index in [0.29, 0.717) is 30.4 Å². The third-order valence-corrected chi connectivity index (χ3v) is 6.03. The van der Waals surface area contributed by atoms with E-state index in [-0.39, 0.29) is 0 Å². The molecule has 0 atom stereocenters. The van der Waals surface area contributed by atoms with Crippen LogP contribution in [0.1, 0.15) is 11.4 Å². The maximum atomic E-state index is 10.1. The lowest BCUT2D eigenvalue weighted by Crippen LogP contribution is -2.15. The van der Waals surface area contributed by atoms with Crippen molar-refractivity contribution in [1.82, 2.24) is 19.3 Å². The molecule has 7 heteroatoms. The van der Waals surface area contributed by atoms with Gasteiger partial charge in [0.25, 0.3) is 0 Å². The first-order valence-electron chi connectivity index (χ1n) is 11.3. The van der Waals surface area contributed by atoms with Gasteiger partial charge in [0, 0.05) is 24.4 Å². The highest BCUT2D eigenvalue weighted by Crippen LogP contribution is 2.36. The maximum absolute atomic E-state index is 10.1. The van der Waals surface area contributed by atoms with Crippen molar-refractivity contribution in [2.45, 2.75) is 0 Å². The van der Waals surface area contributed by atoms with Gasteiger partial charge in [-0.25, -0.2) is 9.67 Å². The lowest BCUT2D eigenvalue weighted by molar-refractivity contribution is 0.171. The van der Waals surface area contributed by atoms with Gasteiger partial charge in [0.1, 0.15) is 25.0 Å². The Balaban J connectivity index is 1.52. The lowest BCUT2D eigenvalue weighted by Gasteiger charge is -2.18. The second-order valence-electron chi connectivity index (χ2n) is 8.22. The van der Waals surface area contributed by atoms with Crippen molar-refractivity contribution in [1.29, 1.82) is 5.26 Å². The number of allylic oxidation sites excluding steroid dienone is 1. The second-order valence-corrected chi connectivity index (χ2v) is 8.22. The molecule has 6 rings (SSSR count). The van der Waals surface area contributed by atoms with Gasteiger partial charge in [-0.1, -0.05) is 30.3 Å². The first-order valence-corrected chi connectivity index (χ1v) is 11.3. The Hall–Kier alpha value is -4.83. The number of nitriles is 1. The first-order chi connectivity index (χ1) is 17.2. The van der Waals surface area contributed by atoms with Crippen molar-refractivity contribution in [3.05, 3.63) is 90.4 Å². The van der Waals surface area contributed by atoms with Gasteiger partial charge in [-0.05, 0) is 48.5 Å². The van der Waals surface area contributed by atoms with E-state index >= 15 is 0 Å². The lowest BCUT2D eigenvalue weighted by atomic mass is 10.0. The Morgan fingerprint density at radius 2 is 1.74 bits per heavy atom. The van der Waals surface area contributed by atoms with Crippen molar-refractivity contribution in [2.75, 3.05) is 13.2 Å². The van der Waals surface area contributed by atoms with E-state index in [1.54, 1.807) is 0 Å². The monoisotopic (exact) mass is 459 g/mol. The minimum absolute atomic E-state index is 0.454. The summed E-state index contributed by atoms with van der Waals surface area (Å²) in [6, 6.07) is 25.9. The van der Waals surface area contributed by atoms with E-state index in [2.05, 4.69) is 6.07 Å². The fourth-order valence-corrected chi connectivity index (χ4v) is 4.31. The van der Waals surface area contributed by atoms with E-state index in [9.17, 15) is 5.26 Å². The summed E-state index contributed by atoms with van der Waals surface area (Å²) in [5.41, 5.74) is 5.60. The summed E-state index contributed by atoms with van der Waals surface area (Å²) >= 11 is 0. The molecule has 0 amide bonds. The molecule has 5 aromatic rings. The van der Waals surface area contributed by atoms with E-state index < -0.39 is 0 Å². The summed E-state index contributed by atoms with van der Waals surface area (Å²) in [6.45, 7) is 1.04. The van der Waals surface area contributed by atoms with Gasteiger partial charge in [-0.15, -0.1) is 0 Å². The first kappa shape index (κ1) is 20.8. The van der Waals surface area contributed by atoms with Crippen LogP contribution in [0.25, 0.3) is 39.6 Å². The Morgan fingerprint density at radius 3 is 2.54 bits per heavy atom. The fourth-order valence-electron chi connectivity index (χ4n) is 4.31. The van der Waals surface area contributed by atoms with Gasteiger partial charge in [0.05, 0.1) is 22.3 Å². The number of fused-ring (bicyclic) bond motifs is 2. The third-order valence-electron chi connectivity index (χ3n) is 6.03. The summed E-state index contributed by atoms with van der Waals surface area (Å²) in [4.78, 5) is 4.71. The molecule has 7 nitrogen and oxygen atoms in total. The Morgan fingerprint density at radius 1 is 0.971 bits per heavy atom. The molecule has 0 saturated carbocycles. The average molecular weight is 460 g/mol. The molecule has 0 unspecified atom stereocenters. The summed E-state index contributed by atoms with van der Waals surface area (Å²) in [5, 5.41) is 15.0. The number of aryl methyl sites for hydroxylation is 1. The van der Waals surface area contributed by atoms with Crippen molar-refractivity contribution in [3.63, 3.8) is 0 Å². The van der Waals surface area contributed by atoms with Crippen LogP contribution in [-0.2, 0) is 7.05 Å². The van der Waals surface area contributed by atoms with Gasteiger partial charge < -0.3 is 14.0 Å². The summed E-state index contributed by atoms with van der Waals surface area (Å²) in [6.07, 6.45) is 3.78. The van der Waals surface area contributed by atoms with Gasteiger partial charge >= 0.3 is 0 Å². The highest BCUT2D eigenvalue weighted by molar-refractivity contribution is 5.93. The predicted molar refractivity (Wildman–Crippen MR) is 134 cm³/mol. The van der Waals surface area contributed by atoms with Crippen LogP contribution < -0.4 is 9.47 Å². The number of ether oxygens (including phenoxy) is 2. The van der Waals surface area contributed by atoms with Gasteiger partial charge in [0.2, 0.25) is 0 Å². The molecule has 0 fully saturated rings. The van der Waals surface area contributed by atoms with Crippen LogP contribution in [0.5, 0.6) is 11.5 Å². The van der Waals surface area contributed by atoms with E-state index in [4.69, 9.17) is 19.6 Å². The Labute approximate surface area is 202 Å². The molecule has 0 aliphatic carbocycles. The molecule has 1 aliphatic heterocycles. The molecule has 0 saturated heterocycles. The van der Waals surface area contributed by atoms with Crippen LogP contribution in [0.4, 0.5) is 0 Å². The molecular formula is C28H21N5O2. The number of para-hydroxylation sites is 3. The maximum Gasteiger partial charge on any atom is 0.162 e. The number of hydrogen-bond donors (Lipinski definition) is 0. The molecule has 0 bridgehead atoms. The molecule has 3 aromatic carbocycles. The quantitative estimate of drug-likeness (QED) is 0.343. The molecule has 1 aliphatic rings. The number of imidazole rings is 1. The third kappa shape index (κ3) is 3.71. The van der Waals surface area contributed by atoms with Crippen LogP contribution in [0, 0.1) is 11.3 Å². The highest BCUT2D eigenvalue weighted by Gasteiger charge is 2.18. The normalized spacial score (nSPS) is 13.1. The zero-order chi connectivity index (χ0) is 23.8. The summed E-state index contributed by atoms with van der Waals surface area (Å²) in [7, 11) is 1.92. The largest absolute Gasteiger partial charge is 0.486 e. The Kier molecular flexibility index (Phi) is 5.04. The van der Waals surface area contributed by atoms with Crippen LogP contribution in [0.15, 0.2) is 79.0 Å². The minimum Gasteiger partial charge on any atom is -0.486 e. The number of benzene rings is 3. The molecule has 170 valence electrons. The van der Waals surface area contributed by atoms with Crippen molar-refractivity contribution < 1.29 is 9.47 Å². The standard InChI is InChI=1S/C28H21N5O2/c1-32-24-10-6-5-9-23(24)30-28(32)20(17-29)15-21-18-33(22-7-3-2-4-8-22)31-27(21)19-11-12-25-26(16-19)35-14-13-34-25/h2-12,15-16,18H,13-14H2,1H3/b20-15+. The second kappa shape index (κ2) is 8.50. The summed E-state index contributed by atoms with van der Waals surface area (Å²) in [5.74, 6) is 2.01. The van der Waals surface area contributed by atoms with Gasteiger partial charge in [0.15, 0.2) is 17.3 Å². The topological polar surface area (TPSA) is 77.9 Å². The zero-order valence-corrected chi connectivity index (χ0v) is 19.0. The van der Waals surface area contributed by atoms with Crippen LogP contribution in [-0.4, -0.2) is 32.5 Å². The van der Waals surface area contributed by atoms with Crippen molar-refractivity contribution in [3.8, 4) is 34.5 Å². The highest BCUT2D eigenvalue weighted by atomic mass is 16.6. The molecule has 35 heavy (non-hydrogen) atoms. The Bertz CT molecular complexity index is 1620. The van der Waals surface area contributed by atoms with E-state index in [1.807, 2.05) is 101 Å². The molecule has 2 aromatic heterocycles. The number of rotatable bonds is 4. The van der Waals surface area contributed by atoms with E-state index in [0.717, 1.165) is 39.3 Å². The zero-order valence-electron chi connectivity index (χ0n) is 19.0. The fraction of sp³-hybridized carbons (Fsp3) is 0.107. The molecule has 0 spiro atoms. The molecule has 0 N–H and O–H groups in total. The van der Waals surface area contributed by atoms with Gasteiger partial charge in [-0.3, -0.25) is 0 Å². The SMILES string of the molecule is Cn1c(/C(C#N)=C/c2cn(-c3ccccc3)nc2-c2ccc3c(c2)OCCO3)nc2ccccc21.